The number of fused-ring (bicyclic) bond motifs is 3. The molecule has 0 heterocycles. The summed E-state index contributed by atoms with van der Waals surface area (Å²) in [6, 6.07) is 16.0. The Kier molecular flexibility index (Phi) is 2.69. The minimum atomic E-state index is 0.667. The van der Waals surface area contributed by atoms with Gasteiger partial charge in [-0.25, -0.2) is 0 Å². The minimum absolute atomic E-state index is 0.667. The summed E-state index contributed by atoms with van der Waals surface area (Å²) in [6.45, 7) is 0. The average Bonchev–Trinajstić information content (AvgIpc) is 2.82. The molecule has 2 aromatic carbocycles. The second kappa shape index (κ2) is 4.52. The Labute approximate surface area is 115 Å². The van der Waals surface area contributed by atoms with Crippen LogP contribution in [0, 0.1) is 0 Å². The Morgan fingerprint density at radius 1 is 0.737 bits per heavy atom. The first-order valence-electron chi connectivity index (χ1n) is 7.66. The fourth-order valence-corrected chi connectivity index (χ4v) is 4.00. The second-order valence-electron chi connectivity index (χ2n) is 5.97. The summed E-state index contributed by atoms with van der Waals surface area (Å²) in [5.74, 6) is 0.667. The Hall–Kier alpha value is -1.56. The molecular formula is C19H20. The highest BCUT2D eigenvalue weighted by Crippen LogP contribution is 2.49. The molecule has 0 aromatic heterocycles. The zero-order valence-corrected chi connectivity index (χ0v) is 11.4. The lowest BCUT2D eigenvalue weighted by molar-refractivity contribution is 0.605. The molecule has 0 saturated heterocycles. The van der Waals surface area contributed by atoms with Crippen LogP contribution in [0.15, 0.2) is 42.5 Å². The van der Waals surface area contributed by atoms with Crippen LogP contribution in [0.2, 0.25) is 0 Å². The Morgan fingerprint density at radius 3 is 2.58 bits per heavy atom. The quantitative estimate of drug-likeness (QED) is 0.593. The van der Waals surface area contributed by atoms with Crippen LogP contribution < -0.4 is 0 Å². The van der Waals surface area contributed by atoms with E-state index in [1.54, 1.807) is 16.7 Å². The van der Waals surface area contributed by atoms with Crippen molar-refractivity contribution in [3.63, 3.8) is 0 Å². The highest BCUT2D eigenvalue weighted by molar-refractivity contribution is 5.80. The van der Waals surface area contributed by atoms with E-state index in [0.717, 1.165) is 0 Å². The predicted molar refractivity (Wildman–Crippen MR) is 80.5 cm³/mol. The van der Waals surface area contributed by atoms with E-state index in [4.69, 9.17) is 0 Å². The van der Waals surface area contributed by atoms with Crippen molar-refractivity contribution in [2.75, 3.05) is 0 Å². The fourth-order valence-electron chi connectivity index (χ4n) is 4.00. The molecule has 0 amide bonds. The van der Waals surface area contributed by atoms with E-state index < -0.39 is 0 Å². The van der Waals surface area contributed by atoms with Crippen molar-refractivity contribution in [3.05, 3.63) is 59.2 Å². The second-order valence-corrected chi connectivity index (χ2v) is 5.97. The molecular weight excluding hydrogens is 228 g/mol. The van der Waals surface area contributed by atoms with Crippen LogP contribution in [0.5, 0.6) is 0 Å². The summed E-state index contributed by atoms with van der Waals surface area (Å²) in [4.78, 5) is 0. The molecule has 0 aliphatic heterocycles. The molecule has 19 heavy (non-hydrogen) atoms. The van der Waals surface area contributed by atoms with Crippen LogP contribution in [-0.4, -0.2) is 0 Å². The maximum Gasteiger partial charge on any atom is 0.0104 e. The highest BCUT2D eigenvalue weighted by atomic mass is 14.3. The van der Waals surface area contributed by atoms with Crippen LogP contribution in [-0.2, 0) is 6.42 Å². The van der Waals surface area contributed by atoms with E-state index in [0.29, 0.717) is 5.92 Å². The van der Waals surface area contributed by atoms with Gasteiger partial charge in [-0.2, -0.15) is 0 Å². The molecule has 2 aromatic rings. The van der Waals surface area contributed by atoms with E-state index in [2.05, 4.69) is 42.5 Å². The van der Waals surface area contributed by atoms with Gasteiger partial charge in [0.15, 0.2) is 0 Å². The molecule has 4 rings (SSSR count). The monoisotopic (exact) mass is 248 g/mol. The van der Waals surface area contributed by atoms with E-state index >= 15 is 0 Å². The van der Waals surface area contributed by atoms with E-state index in [1.165, 1.54) is 49.7 Å². The molecule has 0 N–H and O–H groups in total. The van der Waals surface area contributed by atoms with Crippen molar-refractivity contribution in [2.45, 2.75) is 44.4 Å². The van der Waals surface area contributed by atoms with E-state index in [-0.39, 0.29) is 0 Å². The molecule has 2 aliphatic carbocycles. The van der Waals surface area contributed by atoms with Crippen LogP contribution in [0.3, 0.4) is 0 Å². The van der Waals surface area contributed by atoms with Crippen molar-refractivity contribution in [2.24, 2.45) is 0 Å². The third kappa shape index (κ3) is 1.74. The molecule has 1 unspecified atom stereocenters. The lowest BCUT2D eigenvalue weighted by Crippen LogP contribution is -2.00. The largest absolute Gasteiger partial charge is 0.0619 e. The highest BCUT2D eigenvalue weighted by Gasteiger charge is 2.30. The first kappa shape index (κ1) is 11.3. The summed E-state index contributed by atoms with van der Waals surface area (Å²) in [7, 11) is 0. The molecule has 0 saturated carbocycles. The van der Waals surface area contributed by atoms with Gasteiger partial charge >= 0.3 is 0 Å². The van der Waals surface area contributed by atoms with Gasteiger partial charge in [0.25, 0.3) is 0 Å². The first-order valence-corrected chi connectivity index (χ1v) is 7.66. The van der Waals surface area contributed by atoms with Gasteiger partial charge in [0.05, 0.1) is 0 Å². The van der Waals surface area contributed by atoms with Crippen molar-refractivity contribution < 1.29 is 0 Å². The van der Waals surface area contributed by atoms with Crippen LogP contribution in [0.1, 0.15) is 54.7 Å². The SMILES string of the molecule is c1ccc2c(c1)-c1cccc3c1C2CCCCCC3. The van der Waals surface area contributed by atoms with Crippen LogP contribution in [0.25, 0.3) is 11.1 Å². The molecule has 0 spiro atoms. The topological polar surface area (TPSA) is 0 Å². The average molecular weight is 248 g/mol. The van der Waals surface area contributed by atoms with Crippen LogP contribution in [0.4, 0.5) is 0 Å². The molecule has 0 nitrogen and oxygen atoms in total. The van der Waals surface area contributed by atoms with Gasteiger partial charge in [-0.3, -0.25) is 0 Å². The van der Waals surface area contributed by atoms with Crippen molar-refractivity contribution in [1.82, 2.24) is 0 Å². The number of hydrogen-bond acceptors (Lipinski definition) is 0. The number of rotatable bonds is 0. The standard InChI is InChI=1S/C19H20/c1-2-4-12-17-15-10-5-6-11-16(15)18-13-7-9-14(8-3-1)19(17)18/h5-7,9-11,13,17H,1-4,8,12H2. The molecule has 0 radical (unpaired) electrons. The van der Waals surface area contributed by atoms with Crippen molar-refractivity contribution in [3.8, 4) is 11.1 Å². The zero-order chi connectivity index (χ0) is 12.7. The smallest absolute Gasteiger partial charge is 0.0104 e. The summed E-state index contributed by atoms with van der Waals surface area (Å²) >= 11 is 0. The van der Waals surface area contributed by atoms with Gasteiger partial charge in [-0.15, -0.1) is 0 Å². The zero-order valence-electron chi connectivity index (χ0n) is 11.4. The van der Waals surface area contributed by atoms with Gasteiger partial charge in [0, 0.05) is 5.92 Å². The Morgan fingerprint density at radius 2 is 1.58 bits per heavy atom. The third-order valence-corrected chi connectivity index (χ3v) is 4.86. The summed E-state index contributed by atoms with van der Waals surface area (Å²) in [5, 5.41) is 0. The third-order valence-electron chi connectivity index (χ3n) is 4.86. The molecule has 0 heteroatoms. The summed E-state index contributed by atoms with van der Waals surface area (Å²) in [5.41, 5.74) is 7.85. The predicted octanol–water partition coefficient (Wildman–Crippen LogP) is 5.31. The van der Waals surface area contributed by atoms with Gasteiger partial charge in [0.1, 0.15) is 0 Å². The molecule has 0 bridgehead atoms. The fraction of sp³-hybridized carbons (Fsp3) is 0.368. The number of aryl methyl sites for hydroxylation is 1. The molecule has 0 fully saturated rings. The van der Waals surface area contributed by atoms with Gasteiger partial charge in [-0.1, -0.05) is 61.7 Å². The molecule has 1 atom stereocenters. The van der Waals surface area contributed by atoms with Crippen LogP contribution >= 0.6 is 0 Å². The maximum atomic E-state index is 2.36. The lowest BCUT2D eigenvalue weighted by atomic mass is 9.89. The van der Waals surface area contributed by atoms with Gasteiger partial charge in [-0.05, 0) is 47.1 Å². The minimum Gasteiger partial charge on any atom is -0.0619 e. The Balaban J connectivity index is 1.95. The lowest BCUT2D eigenvalue weighted by Gasteiger charge is -2.15. The van der Waals surface area contributed by atoms with Gasteiger partial charge in [0.2, 0.25) is 0 Å². The summed E-state index contributed by atoms with van der Waals surface area (Å²) < 4.78 is 0. The summed E-state index contributed by atoms with van der Waals surface area (Å²) in [6.07, 6.45) is 8.15. The van der Waals surface area contributed by atoms with E-state index in [1.807, 2.05) is 0 Å². The van der Waals surface area contributed by atoms with E-state index in [9.17, 15) is 0 Å². The first-order chi connectivity index (χ1) is 9.45. The van der Waals surface area contributed by atoms with Crippen molar-refractivity contribution >= 4 is 0 Å². The number of benzene rings is 2. The molecule has 2 aliphatic rings. The maximum absolute atomic E-state index is 2.36. The Bertz CT molecular complexity index is 609. The molecule has 96 valence electrons. The van der Waals surface area contributed by atoms with Crippen molar-refractivity contribution in [1.29, 1.82) is 0 Å². The number of hydrogen-bond donors (Lipinski definition) is 0. The van der Waals surface area contributed by atoms with Gasteiger partial charge < -0.3 is 0 Å². The normalized spacial score (nSPS) is 20.9.